The Balaban J connectivity index is 2.11. The largest absolute Gasteiger partial charge is 0.416 e. The summed E-state index contributed by atoms with van der Waals surface area (Å²) in [6.07, 6.45) is -1.89. The van der Waals surface area contributed by atoms with E-state index in [9.17, 15) is 13.2 Å². The summed E-state index contributed by atoms with van der Waals surface area (Å²) in [6.45, 7) is 2.07. The summed E-state index contributed by atoms with van der Waals surface area (Å²) in [6, 6.07) is 5.03. The van der Waals surface area contributed by atoms with Crippen LogP contribution < -0.4 is 5.73 Å². The van der Waals surface area contributed by atoms with Gasteiger partial charge >= 0.3 is 6.18 Å². The molecular formula is C13H16F3N. The lowest BCUT2D eigenvalue weighted by atomic mass is 9.91. The molecule has 1 aromatic carbocycles. The summed E-state index contributed by atoms with van der Waals surface area (Å²) >= 11 is 0. The van der Waals surface area contributed by atoms with Gasteiger partial charge in [-0.05, 0) is 42.4 Å². The molecule has 17 heavy (non-hydrogen) atoms. The van der Waals surface area contributed by atoms with Gasteiger partial charge in [0.25, 0.3) is 0 Å². The van der Waals surface area contributed by atoms with Crippen molar-refractivity contribution in [2.75, 3.05) is 0 Å². The van der Waals surface area contributed by atoms with Gasteiger partial charge in [0.05, 0.1) is 5.56 Å². The van der Waals surface area contributed by atoms with Crippen LogP contribution in [0.25, 0.3) is 0 Å². The predicted octanol–water partition coefficient (Wildman–Crippen LogP) is 3.75. The zero-order valence-electron chi connectivity index (χ0n) is 9.67. The fourth-order valence-corrected chi connectivity index (χ4v) is 2.11. The van der Waals surface area contributed by atoms with Gasteiger partial charge in [-0.2, -0.15) is 13.2 Å². The summed E-state index contributed by atoms with van der Waals surface area (Å²) in [5.74, 6) is 0.985. The molecule has 1 aliphatic carbocycles. The lowest BCUT2D eigenvalue weighted by Gasteiger charge is -2.20. The molecule has 0 bridgehead atoms. The van der Waals surface area contributed by atoms with E-state index in [2.05, 4.69) is 6.92 Å². The Morgan fingerprint density at radius 2 is 1.71 bits per heavy atom. The molecule has 0 amide bonds. The van der Waals surface area contributed by atoms with E-state index in [-0.39, 0.29) is 6.04 Å². The van der Waals surface area contributed by atoms with Gasteiger partial charge in [-0.25, -0.2) is 0 Å². The van der Waals surface area contributed by atoms with Crippen molar-refractivity contribution in [3.8, 4) is 0 Å². The Hall–Kier alpha value is -1.03. The van der Waals surface area contributed by atoms with Crippen LogP contribution in [0.1, 0.15) is 36.9 Å². The summed E-state index contributed by atoms with van der Waals surface area (Å²) < 4.78 is 37.2. The zero-order valence-corrected chi connectivity index (χ0v) is 9.67. The third-order valence-electron chi connectivity index (χ3n) is 3.55. The van der Waals surface area contributed by atoms with Crippen LogP contribution in [0.4, 0.5) is 13.2 Å². The van der Waals surface area contributed by atoms with Gasteiger partial charge in [0, 0.05) is 6.04 Å². The molecule has 0 aromatic heterocycles. The molecule has 2 unspecified atom stereocenters. The van der Waals surface area contributed by atoms with Gasteiger partial charge in [0.1, 0.15) is 0 Å². The molecule has 0 radical (unpaired) electrons. The molecule has 1 aromatic rings. The number of hydrogen-bond acceptors (Lipinski definition) is 1. The van der Waals surface area contributed by atoms with Crippen LogP contribution in [0.3, 0.4) is 0 Å². The molecule has 2 atom stereocenters. The molecule has 1 fully saturated rings. The van der Waals surface area contributed by atoms with Crippen LogP contribution in [0.15, 0.2) is 24.3 Å². The summed E-state index contributed by atoms with van der Waals surface area (Å²) in [5.41, 5.74) is 6.23. The van der Waals surface area contributed by atoms with Crippen molar-refractivity contribution in [2.45, 2.75) is 32.0 Å². The van der Waals surface area contributed by atoms with Crippen LogP contribution >= 0.6 is 0 Å². The van der Waals surface area contributed by atoms with Crippen LogP contribution in [0.2, 0.25) is 0 Å². The highest BCUT2D eigenvalue weighted by Gasteiger charge is 2.33. The SMILES string of the molecule is CC(C1CC1)C(N)c1ccc(C(F)(F)F)cc1. The topological polar surface area (TPSA) is 26.0 Å². The lowest BCUT2D eigenvalue weighted by molar-refractivity contribution is -0.137. The van der Waals surface area contributed by atoms with E-state index in [0.29, 0.717) is 11.8 Å². The third kappa shape index (κ3) is 2.80. The average Bonchev–Trinajstić information content (AvgIpc) is 3.10. The van der Waals surface area contributed by atoms with E-state index < -0.39 is 11.7 Å². The second-order valence-electron chi connectivity index (χ2n) is 4.84. The van der Waals surface area contributed by atoms with Crippen molar-refractivity contribution in [3.63, 3.8) is 0 Å². The highest BCUT2D eigenvalue weighted by Crippen LogP contribution is 2.42. The van der Waals surface area contributed by atoms with Crippen LogP contribution in [0, 0.1) is 11.8 Å². The molecule has 94 valence electrons. The van der Waals surface area contributed by atoms with Crippen molar-refractivity contribution >= 4 is 0 Å². The van der Waals surface area contributed by atoms with Crippen molar-refractivity contribution < 1.29 is 13.2 Å². The minimum Gasteiger partial charge on any atom is -0.324 e. The highest BCUT2D eigenvalue weighted by atomic mass is 19.4. The Bertz CT molecular complexity index is 379. The molecule has 1 aliphatic rings. The molecular weight excluding hydrogens is 227 g/mol. The van der Waals surface area contributed by atoms with Crippen LogP contribution in [0.5, 0.6) is 0 Å². The molecule has 0 saturated heterocycles. The minimum atomic E-state index is -4.27. The molecule has 4 heteroatoms. The van der Waals surface area contributed by atoms with Crippen LogP contribution in [-0.2, 0) is 6.18 Å². The number of nitrogens with two attached hydrogens (primary N) is 1. The minimum absolute atomic E-state index is 0.162. The first-order valence-corrected chi connectivity index (χ1v) is 5.82. The fraction of sp³-hybridized carbons (Fsp3) is 0.538. The predicted molar refractivity (Wildman–Crippen MR) is 60.3 cm³/mol. The number of benzene rings is 1. The van der Waals surface area contributed by atoms with E-state index in [0.717, 1.165) is 17.7 Å². The Morgan fingerprint density at radius 3 is 2.12 bits per heavy atom. The molecule has 0 spiro atoms. The van der Waals surface area contributed by atoms with E-state index in [1.807, 2.05) is 0 Å². The summed E-state index contributed by atoms with van der Waals surface area (Å²) in [5, 5.41) is 0. The molecule has 2 N–H and O–H groups in total. The normalized spacial score (nSPS) is 20.1. The first kappa shape index (κ1) is 12.4. The van der Waals surface area contributed by atoms with Gasteiger partial charge in [0.2, 0.25) is 0 Å². The van der Waals surface area contributed by atoms with Gasteiger partial charge in [0.15, 0.2) is 0 Å². The van der Waals surface area contributed by atoms with E-state index >= 15 is 0 Å². The molecule has 2 rings (SSSR count). The van der Waals surface area contributed by atoms with Crippen molar-refractivity contribution in [3.05, 3.63) is 35.4 Å². The number of alkyl halides is 3. The maximum absolute atomic E-state index is 12.4. The van der Waals surface area contributed by atoms with Gasteiger partial charge < -0.3 is 5.73 Å². The van der Waals surface area contributed by atoms with E-state index in [1.165, 1.54) is 25.0 Å². The second-order valence-corrected chi connectivity index (χ2v) is 4.84. The first-order chi connectivity index (χ1) is 7.89. The zero-order chi connectivity index (χ0) is 12.6. The van der Waals surface area contributed by atoms with Crippen molar-refractivity contribution in [1.29, 1.82) is 0 Å². The smallest absolute Gasteiger partial charge is 0.324 e. The van der Waals surface area contributed by atoms with Gasteiger partial charge in [-0.1, -0.05) is 19.1 Å². The van der Waals surface area contributed by atoms with Crippen molar-refractivity contribution in [2.24, 2.45) is 17.6 Å². The standard InChI is InChI=1S/C13H16F3N/c1-8(9-2-3-9)12(17)10-4-6-11(7-5-10)13(14,15)16/h4-9,12H,2-3,17H2,1H3. The lowest BCUT2D eigenvalue weighted by Crippen LogP contribution is -2.20. The first-order valence-electron chi connectivity index (χ1n) is 5.82. The Morgan fingerprint density at radius 1 is 1.18 bits per heavy atom. The van der Waals surface area contributed by atoms with Gasteiger partial charge in [-0.3, -0.25) is 0 Å². The maximum atomic E-state index is 12.4. The highest BCUT2D eigenvalue weighted by molar-refractivity contribution is 5.27. The number of halogens is 3. The molecule has 0 aliphatic heterocycles. The molecule has 1 nitrogen and oxygen atoms in total. The van der Waals surface area contributed by atoms with Gasteiger partial charge in [-0.15, -0.1) is 0 Å². The second kappa shape index (κ2) is 4.33. The Labute approximate surface area is 98.8 Å². The Kier molecular flexibility index (Phi) is 3.17. The van der Waals surface area contributed by atoms with E-state index in [1.54, 1.807) is 0 Å². The monoisotopic (exact) mass is 243 g/mol. The maximum Gasteiger partial charge on any atom is 0.416 e. The third-order valence-corrected chi connectivity index (χ3v) is 3.55. The van der Waals surface area contributed by atoms with E-state index in [4.69, 9.17) is 5.73 Å². The quantitative estimate of drug-likeness (QED) is 0.859. The average molecular weight is 243 g/mol. The van der Waals surface area contributed by atoms with Crippen LogP contribution in [-0.4, -0.2) is 0 Å². The number of hydrogen-bond donors (Lipinski definition) is 1. The van der Waals surface area contributed by atoms with Crippen molar-refractivity contribution in [1.82, 2.24) is 0 Å². The number of rotatable bonds is 3. The summed E-state index contributed by atoms with van der Waals surface area (Å²) in [7, 11) is 0. The fourth-order valence-electron chi connectivity index (χ4n) is 2.11. The summed E-state index contributed by atoms with van der Waals surface area (Å²) in [4.78, 5) is 0. The molecule has 1 saturated carbocycles. The molecule has 0 heterocycles.